The van der Waals surface area contributed by atoms with E-state index in [0.29, 0.717) is 18.5 Å². The summed E-state index contributed by atoms with van der Waals surface area (Å²) in [6, 6.07) is 4.29. The summed E-state index contributed by atoms with van der Waals surface area (Å²) in [6.07, 6.45) is 2.56. The number of carbonyl (C=O) groups is 3. The zero-order valence-electron chi connectivity index (χ0n) is 14.1. The molecule has 3 N–H and O–H groups in total. The maximum atomic E-state index is 12.0. The third-order valence-corrected chi connectivity index (χ3v) is 4.24. The molecule has 6 nitrogen and oxygen atoms in total. The van der Waals surface area contributed by atoms with E-state index >= 15 is 0 Å². The molecule has 1 aliphatic rings. The third-order valence-electron chi connectivity index (χ3n) is 4.24. The highest BCUT2D eigenvalue weighted by Gasteiger charge is 2.29. The van der Waals surface area contributed by atoms with E-state index in [1.54, 1.807) is 12.1 Å². The Bertz CT molecular complexity index is 638. The fourth-order valence-electron chi connectivity index (χ4n) is 2.42. The molecule has 0 radical (unpaired) electrons. The zero-order chi connectivity index (χ0) is 17.7. The first-order valence-corrected chi connectivity index (χ1v) is 8.25. The van der Waals surface area contributed by atoms with E-state index in [1.165, 1.54) is 0 Å². The van der Waals surface area contributed by atoms with Gasteiger partial charge in [-0.25, -0.2) is 4.79 Å². The molecule has 1 aromatic rings. The van der Waals surface area contributed by atoms with Gasteiger partial charge in [0.2, 0.25) is 11.8 Å². The Balaban J connectivity index is 1.83. The second-order valence-electron chi connectivity index (χ2n) is 6.35. The van der Waals surface area contributed by atoms with Gasteiger partial charge in [0, 0.05) is 18.9 Å². The minimum atomic E-state index is -1.09. The molecule has 24 heavy (non-hydrogen) atoms. The van der Waals surface area contributed by atoms with Crippen LogP contribution in [0.15, 0.2) is 18.2 Å². The number of carboxylic acids is 1. The number of aliphatic carboxylic acids is 1. The van der Waals surface area contributed by atoms with E-state index < -0.39 is 12.0 Å². The van der Waals surface area contributed by atoms with E-state index in [0.717, 1.165) is 24.0 Å². The summed E-state index contributed by atoms with van der Waals surface area (Å²) in [5.41, 5.74) is 2.61. The summed E-state index contributed by atoms with van der Waals surface area (Å²) in [6.45, 7) is 4.29. The monoisotopic (exact) mass is 332 g/mol. The molecule has 1 unspecified atom stereocenters. The summed E-state index contributed by atoms with van der Waals surface area (Å²) in [4.78, 5) is 34.9. The summed E-state index contributed by atoms with van der Waals surface area (Å²) in [5, 5.41) is 14.7. The van der Waals surface area contributed by atoms with Gasteiger partial charge in [-0.05, 0) is 49.8 Å². The van der Waals surface area contributed by atoms with Crippen LogP contribution in [0.5, 0.6) is 0 Å². The second kappa shape index (κ2) is 7.95. The number of amides is 2. The molecule has 1 fully saturated rings. The van der Waals surface area contributed by atoms with Crippen molar-refractivity contribution < 1.29 is 19.5 Å². The Morgan fingerprint density at radius 1 is 1.21 bits per heavy atom. The normalized spacial score (nSPS) is 14.8. The molecular weight excluding hydrogens is 308 g/mol. The van der Waals surface area contributed by atoms with Crippen molar-refractivity contribution in [1.82, 2.24) is 10.6 Å². The predicted molar refractivity (Wildman–Crippen MR) is 89.4 cm³/mol. The number of carbonyl (C=O) groups excluding carboxylic acids is 2. The molecule has 0 bridgehead atoms. The predicted octanol–water partition coefficient (Wildman–Crippen LogP) is 1.85. The topological polar surface area (TPSA) is 95.5 Å². The molecule has 0 heterocycles. The van der Waals surface area contributed by atoms with Gasteiger partial charge >= 0.3 is 5.97 Å². The Morgan fingerprint density at radius 2 is 1.92 bits per heavy atom. The minimum absolute atomic E-state index is 0.0500. The number of benzene rings is 1. The second-order valence-corrected chi connectivity index (χ2v) is 6.35. The van der Waals surface area contributed by atoms with E-state index in [9.17, 15) is 19.5 Å². The quantitative estimate of drug-likeness (QED) is 0.633. The zero-order valence-corrected chi connectivity index (χ0v) is 14.1. The minimum Gasteiger partial charge on any atom is -0.479 e. The SMILES string of the molecule is Cc1ccc(C(NC(=O)CCCNC(=O)C2CC2)C(=O)O)cc1C. The van der Waals surface area contributed by atoms with Crippen LogP contribution in [-0.4, -0.2) is 29.4 Å². The lowest BCUT2D eigenvalue weighted by Crippen LogP contribution is -2.34. The first-order valence-electron chi connectivity index (χ1n) is 8.25. The first kappa shape index (κ1) is 18.0. The largest absolute Gasteiger partial charge is 0.479 e. The van der Waals surface area contributed by atoms with Crippen LogP contribution in [0, 0.1) is 19.8 Å². The molecule has 1 atom stereocenters. The Labute approximate surface area is 141 Å². The molecule has 2 rings (SSSR count). The maximum absolute atomic E-state index is 12.0. The third kappa shape index (κ3) is 5.08. The first-order chi connectivity index (χ1) is 11.4. The number of aryl methyl sites for hydroxylation is 2. The average Bonchev–Trinajstić information content (AvgIpc) is 3.36. The molecule has 0 aromatic heterocycles. The lowest BCUT2D eigenvalue weighted by Gasteiger charge is -2.16. The molecule has 0 saturated heterocycles. The van der Waals surface area contributed by atoms with E-state index in [1.807, 2.05) is 19.9 Å². The molecule has 0 spiro atoms. The van der Waals surface area contributed by atoms with Crippen molar-refractivity contribution in [3.05, 3.63) is 34.9 Å². The lowest BCUT2D eigenvalue weighted by molar-refractivity contribution is -0.142. The molecule has 6 heteroatoms. The number of carboxylic acid groups (broad SMARTS) is 1. The summed E-state index contributed by atoms with van der Waals surface area (Å²) < 4.78 is 0. The molecule has 0 aliphatic heterocycles. The van der Waals surface area contributed by atoms with Gasteiger partial charge in [-0.3, -0.25) is 9.59 Å². The molecule has 130 valence electrons. The molecular formula is C18H24N2O4. The Kier molecular flexibility index (Phi) is 5.95. The highest BCUT2D eigenvalue weighted by molar-refractivity contribution is 5.84. The van der Waals surface area contributed by atoms with Crippen molar-refractivity contribution in [2.24, 2.45) is 5.92 Å². The van der Waals surface area contributed by atoms with Gasteiger partial charge in [-0.1, -0.05) is 18.2 Å². The summed E-state index contributed by atoms with van der Waals surface area (Å²) >= 11 is 0. The van der Waals surface area contributed by atoms with E-state index in [2.05, 4.69) is 10.6 Å². The van der Waals surface area contributed by atoms with Gasteiger partial charge in [0.05, 0.1) is 0 Å². The number of hydrogen-bond donors (Lipinski definition) is 3. The number of rotatable bonds is 8. The van der Waals surface area contributed by atoms with Gasteiger partial charge in [0.15, 0.2) is 6.04 Å². The van der Waals surface area contributed by atoms with E-state index in [4.69, 9.17) is 0 Å². The van der Waals surface area contributed by atoms with E-state index in [-0.39, 0.29) is 24.2 Å². The van der Waals surface area contributed by atoms with Gasteiger partial charge in [-0.2, -0.15) is 0 Å². The van der Waals surface area contributed by atoms with Gasteiger partial charge < -0.3 is 15.7 Å². The van der Waals surface area contributed by atoms with Crippen LogP contribution in [0.2, 0.25) is 0 Å². The number of nitrogens with one attached hydrogen (secondary N) is 2. The lowest BCUT2D eigenvalue weighted by atomic mass is 10.0. The molecule has 1 saturated carbocycles. The van der Waals surface area contributed by atoms with Gasteiger partial charge in [-0.15, -0.1) is 0 Å². The van der Waals surface area contributed by atoms with Crippen molar-refractivity contribution >= 4 is 17.8 Å². The highest BCUT2D eigenvalue weighted by Crippen LogP contribution is 2.28. The smallest absolute Gasteiger partial charge is 0.330 e. The Hall–Kier alpha value is -2.37. The van der Waals surface area contributed by atoms with Crippen LogP contribution in [0.25, 0.3) is 0 Å². The van der Waals surface area contributed by atoms with Crippen LogP contribution in [0.1, 0.15) is 48.4 Å². The van der Waals surface area contributed by atoms with Crippen LogP contribution < -0.4 is 10.6 Å². The summed E-state index contributed by atoms with van der Waals surface area (Å²) in [7, 11) is 0. The van der Waals surface area contributed by atoms with Crippen molar-refractivity contribution in [2.45, 2.75) is 45.6 Å². The van der Waals surface area contributed by atoms with Crippen molar-refractivity contribution in [3.8, 4) is 0 Å². The highest BCUT2D eigenvalue weighted by atomic mass is 16.4. The van der Waals surface area contributed by atoms with Crippen LogP contribution in [0.4, 0.5) is 0 Å². The molecule has 2 amide bonds. The molecule has 1 aliphatic carbocycles. The molecule has 1 aromatic carbocycles. The summed E-state index contributed by atoms with van der Waals surface area (Å²) in [5.74, 6) is -1.22. The standard InChI is InChI=1S/C18H24N2O4/c1-11-5-6-14(10-12(11)2)16(18(23)24)20-15(21)4-3-9-19-17(22)13-7-8-13/h5-6,10,13,16H,3-4,7-9H2,1-2H3,(H,19,22)(H,20,21)(H,23,24). The maximum Gasteiger partial charge on any atom is 0.330 e. The van der Waals surface area contributed by atoms with Gasteiger partial charge in [0.1, 0.15) is 0 Å². The Morgan fingerprint density at radius 3 is 2.50 bits per heavy atom. The van der Waals surface area contributed by atoms with Crippen LogP contribution in [0.3, 0.4) is 0 Å². The number of hydrogen-bond acceptors (Lipinski definition) is 3. The van der Waals surface area contributed by atoms with Crippen molar-refractivity contribution in [3.63, 3.8) is 0 Å². The van der Waals surface area contributed by atoms with Crippen molar-refractivity contribution in [2.75, 3.05) is 6.54 Å². The van der Waals surface area contributed by atoms with Crippen molar-refractivity contribution in [1.29, 1.82) is 0 Å². The fraction of sp³-hybridized carbons (Fsp3) is 0.500. The average molecular weight is 332 g/mol. The van der Waals surface area contributed by atoms with Gasteiger partial charge in [0.25, 0.3) is 0 Å². The fourth-order valence-corrected chi connectivity index (χ4v) is 2.42. The van der Waals surface area contributed by atoms with Crippen LogP contribution >= 0.6 is 0 Å². The van der Waals surface area contributed by atoms with Crippen LogP contribution in [-0.2, 0) is 14.4 Å².